The van der Waals surface area contributed by atoms with Crippen molar-refractivity contribution in [3.63, 3.8) is 0 Å². The summed E-state index contributed by atoms with van der Waals surface area (Å²) in [4.78, 5) is 19.7. The standard InChI is InChI=1S/C13H18N2O/c16-13-10-7-2-1-3-8-11(10)14-12(15-13)9-5-4-6-9/h9H,1-8H2,(H,14,15,16). The van der Waals surface area contributed by atoms with E-state index < -0.39 is 0 Å². The molecular weight excluding hydrogens is 200 g/mol. The van der Waals surface area contributed by atoms with Crippen LogP contribution in [0.15, 0.2) is 4.79 Å². The van der Waals surface area contributed by atoms with Gasteiger partial charge >= 0.3 is 0 Å². The molecule has 1 N–H and O–H groups in total. The lowest BCUT2D eigenvalue weighted by Crippen LogP contribution is -2.23. The molecule has 0 aromatic carbocycles. The van der Waals surface area contributed by atoms with Crippen molar-refractivity contribution in [2.45, 2.75) is 57.3 Å². The first-order valence-electron chi connectivity index (χ1n) is 6.46. The molecule has 3 heteroatoms. The lowest BCUT2D eigenvalue weighted by atomic mass is 9.84. The Morgan fingerprint density at radius 3 is 2.62 bits per heavy atom. The van der Waals surface area contributed by atoms with E-state index in [1.165, 1.54) is 32.1 Å². The molecule has 0 radical (unpaired) electrons. The number of nitrogens with zero attached hydrogens (tertiary/aromatic N) is 1. The second-order valence-corrected chi connectivity index (χ2v) is 5.06. The topological polar surface area (TPSA) is 45.8 Å². The minimum Gasteiger partial charge on any atom is -0.310 e. The van der Waals surface area contributed by atoms with E-state index in [2.05, 4.69) is 4.98 Å². The third kappa shape index (κ3) is 1.68. The Morgan fingerprint density at radius 2 is 1.88 bits per heavy atom. The summed E-state index contributed by atoms with van der Waals surface area (Å²) in [5, 5.41) is 0. The zero-order chi connectivity index (χ0) is 11.0. The fraction of sp³-hybridized carbons (Fsp3) is 0.692. The lowest BCUT2D eigenvalue weighted by molar-refractivity contribution is 0.399. The number of H-pyrrole nitrogens is 1. The molecule has 3 rings (SSSR count). The van der Waals surface area contributed by atoms with E-state index in [0.29, 0.717) is 5.92 Å². The van der Waals surface area contributed by atoms with Crippen LogP contribution in [0.5, 0.6) is 0 Å². The van der Waals surface area contributed by atoms with Crippen LogP contribution in [-0.2, 0) is 12.8 Å². The van der Waals surface area contributed by atoms with E-state index in [1.54, 1.807) is 0 Å². The summed E-state index contributed by atoms with van der Waals surface area (Å²) in [5.74, 6) is 1.48. The molecule has 1 aromatic heterocycles. The summed E-state index contributed by atoms with van der Waals surface area (Å²) in [6, 6.07) is 0. The van der Waals surface area contributed by atoms with Crippen molar-refractivity contribution in [2.24, 2.45) is 0 Å². The maximum absolute atomic E-state index is 12.0. The molecule has 2 aliphatic rings. The summed E-state index contributed by atoms with van der Waals surface area (Å²) in [5.41, 5.74) is 2.18. The van der Waals surface area contributed by atoms with Crippen molar-refractivity contribution >= 4 is 0 Å². The summed E-state index contributed by atoms with van der Waals surface area (Å²) in [7, 11) is 0. The number of aromatic nitrogens is 2. The van der Waals surface area contributed by atoms with Crippen molar-refractivity contribution < 1.29 is 0 Å². The van der Waals surface area contributed by atoms with Gasteiger partial charge in [-0.1, -0.05) is 12.8 Å². The molecule has 0 amide bonds. The van der Waals surface area contributed by atoms with Gasteiger partial charge in [0, 0.05) is 11.5 Å². The van der Waals surface area contributed by atoms with Gasteiger partial charge < -0.3 is 4.98 Å². The Morgan fingerprint density at radius 1 is 1.06 bits per heavy atom. The summed E-state index contributed by atoms with van der Waals surface area (Å²) in [6.45, 7) is 0. The average molecular weight is 218 g/mol. The normalized spacial score (nSPS) is 21.0. The first-order valence-corrected chi connectivity index (χ1v) is 6.46. The average Bonchev–Trinajstić information content (AvgIpc) is 2.40. The van der Waals surface area contributed by atoms with E-state index in [0.717, 1.165) is 36.3 Å². The van der Waals surface area contributed by atoms with Gasteiger partial charge in [0.15, 0.2) is 0 Å². The Balaban J connectivity index is 2.01. The van der Waals surface area contributed by atoms with Gasteiger partial charge in [0.1, 0.15) is 5.82 Å². The Hall–Kier alpha value is -1.12. The predicted octanol–water partition coefficient (Wildman–Crippen LogP) is 2.31. The van der Waals surface area contributed by atoms with Crippen LogP contribution in [0.3, 0.4) is 0 Å². The van der Waals surface area contributed by atoms with Crippen molar-refractivity contribution in [1.29, 1.82) is 0 Å². The SMILES string of the molecule is O=c1[nH]c(C2CCC2)nc2c1CCCCC2. The summed E-state index contributed by atoms with van der Waals surface area (Å²) >= 11 is 0. The molecule has 1 fully saturated rings. The maximum atomic E-state index is 12.0. The summed E-state index contributed by atoms with van der Waals surface area (Å²) < 4.78 is 0. The van der Waals surface area contributed by atoms with Crippen LogP contribution < -0.4 is 5.56 Å². The van der Waals surface area contributed by atoms with Crippen LogP contribution in [-0.4, -0.2) is 9.97 Å². The van der Waals surface area contributed by atoms with Crippen LogP contribution in [0, 0.1) is 0 Å². The smallest absolute Gasteiger partial charge is 0.254 e. The minimum absolute atomic E-state index is 0.133. The fourth-order valence-corrected chi connectivity index (χ4v) is 2.67. The zero-order valence-corrected chi connectivity index (χ0v) is 9.59. The maximum Gasteiger partial charge on any atom is 0.254 e. The number of fused-ring (bicyclic) bond motifs is 1. The number of hydrogen-bond donors (Lipinski definition) is 1. The second-order valence-electron chi connectivity index (χ2n) is 5.06. The first-order chi connectivity index (χ1) is 7.84. The Kier molecular flexibility index (Phi) is 2.54. The molecule has 2 aliphatic carbocycles. The van der Waals surface area contributed by atoms with Gasteiger partial charge in [-0.3, -0.25) is 4.79 Å². The van der Waals surface area contributed by atoms with Gasteiger partial charge in [0.25, 0.3) is 5.56 Å². The Bertz CT molecular complexity index is 446. The number of hydrogen-bond acceptors (Lipinski definition) is 2. The molecule has 0 unspecified atom stereocenters. The van der Waals surface area contributed by atoms with Crippen LogP contribution in [0.2, 0.25) is 0 Å². The van der Waals surface area contributed by atoms with Gasteiger partial charge in [-0.15, -0.1) is 0 Å². The highest BCUT2D eigenvalue weighted by Gasteiger charge is 2.24. The lowest BCUT2D eigenvalue weighted by Gasteiger charge is -2.24. The van der Waals surface area contributed by atoms with E-state index in [9.17, 15) is 4.79 Å². The molecule has 1 aromatic rings. The molecule has 1 saturated carbocycles. The molecule has 3 nitrogen and oxygen atoms in total. The van der Waals surface area contributed by atoms with Crippen molar-refractivity contribution in [3.05, 3.63) is 27.4 Å². The van der Waals surface area contributed by atoms with E-state index in [1.807, 2.05) is 0 Å². The third-order valence-electron chi connectivity index (χ3n) is 3.95. The second kappa shape index (κ2) is 4.04. The zero-order valence-electron chi connectivity index (χ0n) is 9.59. The largest absolute Gasteiger partial charge is 0.310 e. The van der Waals surface area contributed by atoms with Crippen LogP contribution >= 0.6 is 0 Å². The highest BCUT2D eigenvalue weighted by Crippen LogP contribution is 2.34. The van der Waals surface area contributed by atoms with Gasteiger partial charge in [0.2, 0.25) is 0 Å². The number of aromatic amines is 1. The van der Waals surface area contributed by atoms with Crippen LogP contribution in [0.4, 0.5) is 0 Å². The van der Waals surface area contributed by atoms with E-state index in [4.69, 9.17) is 4.98 Å². The molecule has 1 heterocycles. The van der Waals surface area contributed by atoms with Gasteiger partial charge in [-0.2, -0.15) is 0 Å². The predicted molar refractivity (Wildman–Crippen MR) is 62.7 cm³/mol. The van der Waals surface area contributed by atoms with E-state index in [-0.39, 0.29) is 5.56 Å². The number of nitrogens with one attached hydrogen (secondary N) is 1. The van der Waals surface area contributed by atoms with Gasteiger partial charge in [0.05, 0.1) is 5.69 Å². The molecule has 0 saturated heterocycles. The molecule has 16 heavy (non-hydrogen) atoms. The minimum atomic E-state index is 0.133. The molecule has 0 atom stereocenters. The Labute approximate surface area is 95.3 Å². The van der Waals surface area contributed by atoms with Crippen molar-refractivity contribution in [1.82, 2.24) is 9.97 Å². The van der Waals surface area contributed by atoms with Gasteiger partial charge in [-0.25, -0.2) is 4.98 Å². The highest BCUT2D eigenvalue weighted by molar-refractivity contribution is 5.21. The fourth-order valence-electron chi connectivity index (χ4n) is 2.67. The third-order valence-corrected chi connectivity index (χ3v) is 3.95. The van der Waals surface area contributed by atoms with Gasteiger partial charge in [-0.05, 0) is 38.5 Å². The number of aryl methyl sites for hydroxylation is 1. The number of rotatable bonds is 1. The summed E-state index contributed by atoms with van der Waals surface area (Å²) in [6.07, 6.45) is 9.15. The van der Waals surface area contributed by atoms with Crippen molar-refractivity contribution in [2.75, 3.05) is 0 Å². The van der Waals surface area contributed by atoms with Crippen LogP contribution in [0.1, 0.15) is 61.5 Å². The first kappa shape index (κ1) is 10.1. The molecule has 0 aliphatic heterocycles. The molecular formula is C13H18N2O. The molecule has 0 spiro atoms. The molecule has 0 bridgehead atoms. The molecule has 86 valence electrons. The monoisotopic (exact) mass is 218 g/mol. The van der Waals surface area contributed by atoms with E-state index >= 15 is 0 Å². The van der Waals surface area contributed by atoms with Crippen LogP contribution in [0.25, 0.3) is 0 Å². The van der Waals surface area contributed by atoms with Crippen molar-refractivity contribution in [3.8, 4) is 0 Å². The quantitative estimate of drug-likeness (QED) is 0.735. The highest BCUT2D eigenvalue weighted by atomic mass is 16.1.